The van der Waals surface area contributed by atoms with Gasteiger partial charge in [0.05, 0.1) is 17.3 Å². The highest BCUT2D eigenvalue weighted by Gasteiger charge is 2.13. The summed E-state index contributed by atoms with van der Waals surface area (Å²) in [4.78, 5) is 12.2. The molecule has 2 aromatic rings. The smallest absolute Gasteiger partial charge is 0.243 e. The van der Waals surface area contributed by atoms with Crippen LogP contribution in [-0.2, 0) is 17.6 Å². The first kappa shape index (κ1) is 15.9. The maximum absolute atomic E-state index is 12.2. The van der Waals surface area contributed by atoms with Crippen LogP contribution in [0.25, 0.3) is 0 Å². The molecule has 0 saturated carbocycles. The molecule has 0 fully saturated rings. The Morgan fingerprint density at radius 3 is 2.78 bits per heavy atom. The summed E-state index contributed by atoms with van der Waals surface area (Å²) < 4.78 is 0. The molecular weight excluding hydrogens is 308 g/mol. The largest absolute Gasteiger partial charge is 0.376 e. The summed E-state index contributed by atoms with van der Waals surface area (Å²) in [5.74, 6) is -0.0934. The van der Waals surface area contributed by atoms with E-state index < -0.39 is 0 Å². The molecule has 1 aliphatic rings. The monoisotopic (exact) mass is 328 g/mol. The number of hydrogen-bond acceptors (Lipinski definition) is 2. The number of amides is 1. The number of aryl methyl sites for hydroxylation is 2. The lowest BCUT2D eigenvalue weighted by Crippen LogP contribution is -2.22. The van der Waals surface area contributed by atoms with Crippen LogP contribution in [0.15, 0.2) is 36.4 Å². The van der Waals surface area contributed by atoms with Crippen molar-refractivity contribution in [3.8, 4) is 0 Å². The highest BCUT2D eigenvalue weighted by molar-refractivity contribution is 6.33. The minimum absolute atomic E-state index is 0.0934. The molecule has 3 nitrogen and oxygen atoms in total. The third-order valence-corrected chi connectivity index (χ3v) is 4.55. The molecule has 4 heteroatoms. The fourth-order valence-corrected chi connectivity index (χ4v) is 3.32. The van der Waals surface area contributed by atoms with Crippen molar-refractivity contribution in [3.63, 3.8) is 0 Å². The minimum Gasteiger partial charge on any atom is -0.376 e. The number of fused-ring (bicyclic) bond motifs is 1. The van der Waals surface area contributed by atoms with E-state index in [2.05, 4.69) is 28.8 Å². The average Bonchev–Trinajstić information content (AvgIpc) is 2.55. The first-order chi connectivity index (χ1) is 11.1. The van der Waals surface area contributed by atoms with Crippen molar-refractivity contribution in [1.82, 2.24) is 0 Å². The molecule has 1 amide bonds. The Balaban J connectivity index is 1.63. The van der Waals surface area contributed by atoms with Gasteiger partial charge in [0.25, 0.3) is 0 Å². The predicted octanol–water partition coefficient (Wildman–Crippen LogP) is 4.58. The standard InChI is InChI=1S/C19H21ClN2O/c1-13-9-10-18(16(20)11-13)22-19(23)12-21-17-8-4-6-14-5-2-3-7-15(14)17/h4,6,8-11,21H,2-3,5,7,12H2,1H3,(H,22,23). The zero-order chi connectivity index (χ0) is 16.2. The number of carbonyl (C=O) groups is 1. The molecule has 0 unspecified atom stereocenters. The van der Waals surface area contributed by atoms with Gasteiger partial charge in [0, 0.05) is 5.69 Å². The van der Waals surface area contributed by atoms with Crippen LogP contribution in [0.2, 0.25) is 5.02 Å². The van der Waals surface area contributed by atoms with Crippen molar-refractivity contribution in [2.45, 2.75) is 32.6 Å². The SMILES string of the molecule is Cc1ccc(NC(=O)CNc2cccc3c2CCCC3)c(Cl)c1. The van der Waals surface area contributed by atoms with Gasteiger partial charge in [-0.2, -0.15) is 0 Å². The highest BCUT2D eigenvalue weighted by atomic mass is 35.5. The molecule has 0 spiro atoms. The Morgan fingerprint density at radius 1 is 1.13 bits per heavy atom. The Bertz CT molecular complexity index is 727. The predicted molar refractivity (Wildman–Crippen MR) is 96.4 cm³/mol. The van der Waals surface area contributed by atoms with Crippen LogP contribution in [0.1, 0.15) is 29.5 Å². The maximum Gasteiger partial charge on any atom is 0.243 e. The van der Waals surface area contributed by atoms with E-state index >= 15 is 0 Å². The number of rotatable bonds is 4. The zero-order valence-corrected chi connectivity index (χ0v) is 14.0. The van der Waals surface area contributed by atoms with Crippen LogP contribution in [0.3, 0.4) is 0 Å². The van der Waals surface area contributed by atoms with E-state index in [9.17, 15) is 4.79 Å². The Hall–Kier alpha value is -2.00. The van der Waals surface area contributed by atoms with Gasteiger partial charge in [0.2, 0.25) is 5.91 Å². The van der Waals surface area contributed by atoms with Gasteiger partial charge in [-0.25, -0.2) is 0 Å². The molecule has 0 radical (unpaired) electrons. The van der Waals surface area contributed by atoms with Gasteiger partial charge >= 0.3 is 0 Å². The summed E-state index contributed by atoms with van der Waals surface area (Å²) >= 11 is 6.15. The summed E-state index contributed by atoms with van der Waals surface area (Å²) in [6.45, 7) is 2.21. The normalized spacial score (nSPS) is 13.3. The lowest BCUT2D eigenvalue weighted by atomic mass is 9.90. The number of hydrogen-bond donors (Lipinski definition) is 2. The van der Waals surface area contributed by atoms with Crippen molar-refractivity contribution in [1.29, 1.82) is 0 Å². The molecule has 0 aromatic heterocycles. The number of carbonyl (C=O) groups excluding carboxylic acids is 1. The molecule has 23 heavy (non-hydrogen) atoms. The van der Waals surface area contributed by atoms with E-state index in [-0.39, 0.29) is 12.5 Å². The van der Waals surface area contributed by atoms with Gasteiger partial charge in [0.15, 0.2) is 0 Å². The lowest BCUT2D eigenvalue weighted by Gasteiger charge is -2.20. The van der Waals surface area contributed by atoms with Gasteiger partial charge in [0.1, 0.15) is 0 Å². The van der Waals surface area contributed by atoms with Crippen molar-refractivity contribution in [3.05, 3.63) is 58.1 Å². The number of halogens is 1. The zero-order valence-electron chi connectivity index (χ0n) is 13.3. The van der Waals surface area contributed by atoms with E-state index in [0.29, 0.717) is 10.7 Å². The second-order valence-electron chi connectivity index (χ2n) is 6.04. The topological polar surface area (TPSA) is 41.1 Å². The van der Waals surface area contributed by atoms with Crippen LogP contribution in [0, 0.1) is 6.92 Å². The highest BCUT2D eigenvalue weighted by Crippen LogP contribution is 2.28. The Labute approximate surface area is 142 Å². The first-order valence-electron chi connectivity index (χ1n) is 8.04. The molecule has 0 aliphatic heterocycles. The third-order valence-electron chi connectivity index (χ3n) is 4.23. The second-order valence-corrected chi connectivity index (χ2v) is 6.44. The van der Waals surface area contributed by atoms with Gasteiger partial charge in [-0.15, -0.1) is 0 Å². The van der Waals surface area contributed by atoms with Gasteiger partial charge in [-0.1, -0.05) is 29.8 Å². The fourth-order valence-electron chi connectivity index (χ4n) is 3.04. The number of benzene rings is 2. The van der Waals surface area contributed by atoms with E-state index in [1.165, 1.54) is 24.0 Å². The van der Waals surface area contributed by atoms with Crippen molar-refractivity contribution in [2.75, 3.05) is 17.2 Å². The Morgan fingerprint density at radius 2 is 1.96 bits per heavy atom. The summed E-state index contributed by atoms with van der Waals surface area (Å²) in [5, 5.41) is 6.69. The quantitative estimate of drug-likeness (QED) is 0.862. The van der Waals surface area contributed by atoms with Crippen LogP contribution < -0.4 is 10.6 Å². The summed E-state index contributed by atoms with van der Waals surface area (Å²) in [5.41, 5.74) is 5.57. The van der Waals surface area contributed by atoms with Crippen LogP contribution in [-0.4, -0.2) is 12.5 Å². The molecule has 3 rings (SSSR count). The summed E-state index contributed by atoms with van der Waals surface area (Å²) in [7, 11) is 0. The Kier molecular flexibility index (Phi) is 4.87. The lowest BCUT2D eigenvalue weighted by molar-refractivity contribution is -0.114. The molecule has 2 aromatic carbocycles. The van der Waals surface area contributed by atoms with Gasteiger partial charge < -0.3 is 10.6 Å². The minimum atomic E-state index is -0.0934. The van der Waals surface area contributed by atoms with Crippen molar-refractivity contribution >= 4 is 28.9 Å². The van der Waals surface area contributed by atoms with E-state index in [1.54, 1.807) is 0 Å². The molecule has 120 valence electrons. The van der Waals surface area contributed by atoms with Crippen LogP contribution in [0.5, 0.6) is 0 Å². The van der Waals surface area contributed by atoms with Crippen molar-refractivity contribution in [2.24, 2.45) is 0 Å². The average molecular weight is 329 g/mol. The molecule has 0 atom stereocenters. The molecular formula is C19H21ClN2O. The molecule has 2 N–H and O–H groups in total. The summed E-state index contributed by atoms with van der Waals surface area (Å²) in [6, 6.07) is 11.9. The molecule has 0 heterocycles. The van der Waals surface area contributed by atoms with Gasteiger partial charge in [-0.3, -0.25) is 4.79 Å². The second kappa shape index (κ2) is 7.05. The van der Waals surface area contributed by atoms with E-state index in [0.717, 1.165) is 24.1 Å². The van der Waals surface area contributed by atoms with E-state index in [1.807, 2.05) is 25.1 Å². The molecule has 0 saturated heterocycles. The molecule has 1 aliphatic carbocycles. The maximum atomic E-state index is 12.2. The van der Waals surface area contributed by atoms with Gasteiger partial charge in [-0.05, 0) is 67.5 Å². The first-order valence-corrected chi connectivity index (χ1v) is 8.42. The number of nitrogens with one attached hydrogen (secondary N) is 2. The van der Waals surface area contributed by atoms with Crippen LogP contribution in [0.4, 0.5) is 11.4 Å². The summed E-state index contributed by atoms with van der Waals surface area (Å²) in [6.07, 6.45) is 4.69. The number of anilines is 2. The van der Waals surface area contributed by atoms with Crippen LogP contribution >= 0.6 is 11.6 Å². The van der Waals surface area contributed by atoms with Crippen molar-refractivity contribution < 1.29 is 4.79 Å². The third kappa shape index (κ3) is 3.85. The fraction of sp³-hybridized carbons (Fsp3) is 0.316. The molecule has 0 bridgehead atoms. The van der Waals surface area contributed by atoms with E-state index in [4.69, 9.17) is 11.6 Å².